The Morgan fingerprint density at radius 2 is 1.87 bits per heavy atom. The van der Waals surface area contributed by atoms with Gasteiger partial charge < -0.3 is 0 Å². The average molecular weight is 290 g/mol. The van der Waals surface area contributed by atoms with Gasteiger partial charge >= 0.3 is 6.18 Å². The lowest BCUT2D eigenvalue weighted by atomic mass is 10.2. The average Bonchev–Trinajstić information content (AvgIpc) is 2.15. The first kappa shape index (κ1) is 12.4. The van der Waals surface area contributed by atoms with E-state index in [0.29, 0.717) is 6.07 Å². The minimum absolute atomic E-state index is 0.142. The van der Waals surface area contributed by atoms with Crippen molar-refractivity contribution in [3.63, 3.8) is 0 Å². The SMILES string of the molecule is FC(F)c1ccc(C(F)(F)F)nc1CBr. The number of rotatable bonds is 2. The highest BCUT2D eigenvalue weighted by Crippen LogP contribution is 2.31. The molecule has 0 unspecified atom stereocenters. The molecule has 0 aromatic carbocycles. The number of aromatic nitrogens is 1. The molecule has 0 saturated carbocycles. The van der Waals surface area contributed by atoms with Crippen LogP contribution in [0.3, 0.4) is 0 Å². The first-order valence-corrected chi connectivity index (χ1v) is 4.89. The molecule has 0 amide bonds. The van der Waals surface area contributed by atoms with Crippen LogP contribution in [-0.2, 0) is 11.5 Å². The van der Waals surface area contributed by atoms with Gasteiger partial charge in [-0.25, -0.2) is 13.8 Å². The first-order chi connectivity index (χ1) is 6.86. The van der Waals surface area contributed by atoms with Gasteiger partial charge in [0, 0.05) is 10.9 Å². The summed E-state index contributed by atoms with van der Waals surface area (Å²) in [5, 5.41) is -0.142. The summed E-state index contributed by atoms with van der Waals surface area (Å²) < 4.78 is 61.1. The van der Waals surface area contributed by atoms with Gasteiger partial charge in [0.15, 0.2) is 0 Å². The molecule has 0 aliphatic heterocycles. The molecular weight excluding hydrogens is 285 g/mol. The fraction of sp³-hybridized carbons (Fsp3) is 0.375. The Bertz CT molecular complexity index is 349. The molecule has 1 aromatic heterocycles. The predicted octanol–water partition coefficient (Wildman–Crippen LogP) is 3.93. The monoisotopic (exact) mass is 289 g/mol. The number of pyridine rings is 1. The van der Waals surface area contributed by atoms with E-state index in [9.17, 15) is 22.0 Å². The van der Waals surface area contributed by atoms with E-state index in [-0.39, 0.29) is 11.0 Å². The molecule has 1 aromatic rings. The van der Waals surface area contributed by atoms with Crippen molar-refractivity contribution < 1.29 is 22.0 Å². The molecule has 7 heteroatoms. The van der Waals surface area contributed by atoms with Crippen LogP contribution >= 0.6 is 15.9 Å². The van der Waals surface area contributed by atoms with Gasteiger partial charge in [0.05, 0.1) is 5.69 Å². The number of hydrogen-bond donors (Lipinski definition) is 0. The summed E-state index contributed by atoms with van der Waals surface area (Å²) in [6.45, 7) is 0. The zero-order valence-corrected chi connectivity index (χ0v) is 8.74. The third-order valence-electron chi connectivity index (χ3n) is 1.66. The fourth-order valence-electron chi connectivity index (χ4n) is 0.976. The molecular formula is C8H5BrF5N. The second-order valence-corrected chi connectivity index (χ2v) is 3.23. The summed E-state index contributed by atoms with van der Waals surface area (Å²) in [5.74, 6) is 0. The van der Waals surface area contributed by atoms with Crippen molar-refractivity contribution in [2.45, 2.75) is 17.9 Å². The number of halogens is 6. The molecule has 0 aliphatic carbocycles. The van der Waals surface area contributed by atoms with Crippen molar-refractivity contribution in [2.24, 2.45) is 0 Å². The van der Waals surface area contributed by atoms with Gasteiger partial charge in [-0.15, -0.1) is 0 Å². The Labute approximate surface area is 90.4 Å². The standard InChI is InChI=1S/C8H5BrF5N/c9-3-5-4(7(10)11)1-2-6(15-5)8(12,13)14/h1-2,7H,3H2. The van der Waals surface area contributed by atoms with E-state index in [2.05, 4.69) is 20.9 Å². The second kappa shape index (κ2) is 4.42. The van der Waals surface area contributed by atoms with Crippen molar-refractivity contribution in [1.29, 1.82) is 0 Å². The van der Waals surface area contributed by atoms with Crippen LogP contribution < -0.4 is 0 Å². The van der Waals surface area contributed by atoms with E-state index in [1.807, 2.05) is 0 Å². The fourth-order valence-corrected chi connectivity index (χ4v) is 1.42. The lowest BCUT2D eigenvalue weighted by Crippen LogP contribution is -2.10. The highest BCUT2D eigenvalue weighted by atomic mass is 79.9. The molecule has 0 bridgehead atoms. The second-order valence-electron chi connectivity index (χ2n) is 2.66. The molecule has 0 radical (unpaired) electrons. The van der Waals surface area contributed by atoms with Crippen LogP contribution in [0.25, 0.3) is 0 Å². The highest BCUT2D eigenvalue weighted by molar-refractivity contribution is 9.08. The minimum Gasteiger partial charge on any atom is -0.247 e. The van der Waals surface area contributed by atoms with Crippen LogP contribution in [0.15, 0.2) is 12.1 Å². The maximum Gasteiger partial charge on any atom is 0.433 e. The van der Waals surface area contributed by atoms with E-state index in [1.54, 1.807) is 0 Å². The Morgan fingerprint density at radius 1 is 1.27 bits per heavy atom. The van der Waals surface area contributed by atoms with Gasteiger partial charge in [0.1, 0.15) is 5.69 Å². The summed E-state index contributed by atoms with van der Waals surface area (Å²) in [4.78, 5) is 3.13. The maximum absolute atomic E-state index is 12.3. The van der Waals surface area contributed by atoms with E-state index >= 15 is 0 Å². The first-order valence-electron chi connectivity index (χ1n) is 3.77. The van der Waals surface area contributed by atoms with Gasteiger partial charge in [0.25, 0.3) is 6.43 Å². The van der Waals surface area contributed by atoms with Crippen LogP contribution in [-0.4, -0.2) is 4.98 Å². The Balaban J connectivity index is 3.19. The molecule has 15 heavy (non-hydrogen) atoms. The molecule has 1 rings (SSSR count). The van der Waals surface area contributed by atoms with Gasteiger partial charge in [-0.05, 0) is 12.1 Å². The Morgan fingerprint density at radius 3 is 2.27 bits per heavy atom. The third kappa shape index (κ3) is 2.87. The summed E-state index contributed by atoms with van der Waals surface area (Å²) in [6.07, 6.45) is -7.44. The molecule has 0 spiro atoms. The molecule has 0 atom stereocenters. The van der Waals surface area contributed by atoms with Crippen molar-refractivity contribution in [2.75, 3.05) is 0 Å². The van der Waals surface area contributed by atoms with Gasteiger partial charge in [-0.2, -0.15) is 13.2 Å². The van der Waals surface area contributed by atoms with Crippen LogP contribution in [0, 0.1) is 0 Å². The summed E-state index contributed by atoms with van der Waals surface area (Å²) >= 11 is 2.81. The third-order valence-corrected chi connectivity index (χ3v) is 2.19. The van der Waals surface area contributed by atoms with Crippen LogP contribution in [0.2, 0.25) is 0 Å². The Hall–Kier alpha value is -0.720. The van der Waals surface area contributed by atoms with Crippen LogP contribution in [0.4, 0.5) is 22.0 Å². The van der Waals surface area contributed by atoms with E-state index in [1.165, 1.54) is 0 Å². The summed E-state index contributed by atoms with van der Waals surface area (Å²) in [5.41, 5.74) is -1.94. The molecule has 1 heterocycles. The number of alkyl halides is 6. The van der Waals surface area contributed by atoms with E-state index in [0.717, 1.165) is 6.07 Å². The number of nitrogens with zero attached hydrogens (tertiary/aromatic N) is 1. The molecule has 0 N–H and O–H groups in total. The zero-order chi connectivity index (χ0) is 11.6. The zero-order valence-electron chi connectivity index (χ0n) is 7.15. The van der Waals surface area contributed by atoms with Crippen molar-refractivity contribution in [3.05, 3.63) is 29.1 Å². The quantitative estimate of drug-likeness (QED) is 0.594. The van der Waals surface area contributed by atoms with Crippen molar-refractivity contribution in [1.82, 2.24) is 4.98 Å². The van der Waals surface area contributed by atoms with Gasteiger partial charge in [-0.3, -0.25) is 0 Å². The molecule has 0 aliphatic rings. The van der Waals surface area contributed by atoms with Crippen molar-refractivity contribution in [3.8, 4) is 0 Å². The summed E-state index contributed by atoms with van der Waals surface area (Å²) in [7, 11) is 0. The van der Waals surface area contributed by atoms with Crippen LogP contribution in [0.5, 0.6) is 0 Å². The smallest absolute Gasteiger partial charge is 0.247 e. The molecule has 0 fully saturated rings. The van der Waals surface area contributed by atoms with Crippen molar-refractivity contribution >= 4 is 15.9 Å². The molecule has 84 valence electrons. The lowest BCUT2D eigenvalue weighted by Gasteiger charge is -2.10. The number of hydrogen-bond acceptors (Lipinski definition) is 1. The lowest BCUT2D eigenvalue weighted by molar-refractivity contribution is -0.141. The normalized spacial score (nSPS) is 12.2. The topological polar surface area (TPSA) is 12.9 Å². The largest absolute Gasteiger partial charge is 0.433 e. The van der Waals surface area contributed by atoms with Gasteiger partial charge in [0.2, 0.25) is 0 Å². The molecule has 1 nitrogen and oxygen atoms in total. The predicted molar refractivity (Wildman–Crippen MR) is 46.8 cm³/mol. The minimum atomic E-state index is -4.61. The van der Waals surface area contributed by atoms with Gasteiger partial charge in [-0.1, -0.05) is 15.9 Å². The highest BCUT2D eigenvalue weighted by Gasteiger charge is 2.33. The summed E-state index contributed by atoms with van der Waals surface area (Å²) in [6, 6.07) is 1.30. The van der Waals surface area contributed by atoms with E-state index < -0.39 is 23.9 Å². The van der Waals surface area contributed by atoms with Crippen LogP contribution in [0.1, 0.15) is 23.4 Å². The Kier molecular flexibility index (Phi) is 3.64. The molecule has 0 saturated heterocycles. The van der Waals surface area contributed by atoms with E-state index in [4.69, 9.17) is 0 Å². The maximum atomic E-state index is 12.3.